The molecule has 0 bridgehead atoms. The van der Waals surface area contributed by atoms with Gasteiger partial charge >= 0.3 is 6.09 Å². The van der Waals surface area contributed by atoms with E-state index in [0.29, 0.717) is 27.3 Å². The molecule has 1 heterocycles. The fraction of sp³-hybridized carbons (Fsp3) is 0.0588. The number of hydrogen-bond donors (Lipinski definition) is 2. The van der Waals surface area contributed by atoms with Crippen molar-refractivity contribution < 1.29 is 9.53 Å². The number of aromatic nitrogens is 1. The number of halogens is 1. The second-order valence-electron chi connectivity index (χ2n) is 4.86. The number of anilines is 1. The van der Waals surface area contributed by atoms with Gasteiger partial charge in [-0.25, -0.2) is 4.79 Å². The largest absolute Gasteiger partial charge is 0.444 e. The zero-order valence-corrected chi connectivity index (χ0v) is 12.7. The standard InChI is InChI=1S/C17H12ClN3O2/c18-12-6-7-13-14(9-19)16(20-15(13)8-12)21-17(22)23-10-11-4-2-1-3-5-11/h1-8,20H,10H2,(H,21,22). The predicted molar refractivity (Wildman–Crippen MR) is 88.3 cm³/mol. The monoisotopic (exact) mass is 325 g/mol. The molecule has 1 aromatic heterocycles. The van der Waals surface area contributed by atoms with Crippen molar-refractivity contribution in [3.63, 3.8) is 0 Å². The first kappa shape index (κ1) is 14.9. The van der Waals surface area contributed by atoms with E-state index >= 15 is 0 Å². The third-order valence-electron chi connectivity index (χ3n) is 3.31. The molecule has 23 heavy (non-hydrogen) atoms. The van der Waals surface area contributed by atoms with E-state index in [1.54, 1.807) is 18.2 Å². The number of nitrogens with zero attached hydrogens (tertiary/aromatic N) is 1. The minimum absolute atomic E-state index is 0.153. The molecule has 0 radical (unpaired) electrons. The third-order valence-corrected chi connectivity index (χ3v) is 3.55. The molecule has 0 atom stereocenters. The number of aromatic amines is 1. The van der Waals surface area contributed by atoms with Crippen molar-refractivity contribution >= 4 is 34.4 Å². The van der Waals surface area contributed by atoms with Gasteiger partial charge in [0.25, 0.3) is 0 Å². The Hall–Kier alpha value is -2.97. The number of fused-ring (bicyclic) bond motifs is 1. The van der Waals surface area contributed by atoms with Crippen molar-refractivity contribution in [3.05, 3.63) is 64.7 Å². The van der Waals surface area contributed by atoms with Crippen LogP contribution in [0, 0.1) is 11.3 Å². The van der Waals surface area contributed by atoms with E-state index in [9.17, 15) is 10.1 Å². The van der Waals surface area contributed by atoms with Crippen LogP contribution < -0.4 is 5.32 Å². The molecule has 3 rings (SSSR count). The Balaban J connectivity index is 1.76. The number of nitrogens with one attached hydrogen (secondary N) is 2. The minimum Gasteiger partial charge on any atom is -0.444 e. The average molecular weight is 326 g/mol. The van der Waals surface area contributed by atoms with Crippen LogP contribution in [0.25, 0.3) is 10.9 Å². The van der Waals surface area contributed by atoms with E-state index < -0.39 is 6.09 Å². The molecule has 0 saturated carbocycles. The highest BCUT2D eigenvalue weighted by molar-refractivity contribution is 6.31. The lowest BCUT2D eigenvalue weighted by atomic mass is 10.2. The van der Waals surface area contributed by atoms with Crippen LogP contribution in [0.1, 0.15) is 11.1 Å². The van der Waals surface area contributed by atoms with E-state index in [1.807, 2.05) is 30.3 Å². The first-order valence-corrected chi connectivity index (χ1v) is 7.24. The number of ether oxygens (including phenoxy) is 1. The van der Waals surface area contributed by atoms with E-state index in [1.165, 1.54) is 0 Å². The van der Waals surface area contributed by atoms with E-state index in [-0.39, 0.29) is 6.61 Å². The van der Waals surface area contributed by atoms with Crippen molar-refractivity contribution in [1.29, 1.82) is 5.26 Å². The van der Waals surface area contributed by atoms with Crippen molar-refractivity contribution in [3.8, 4) is 6.07 Å². The number of carbonyl (C=O) groups is 1. The van der Waals surface area contributed by atoms with Crippen LogP contribution in [-0.2, 0) is 11.3 Å². The summed E-state index contributed by atoms with van der Waals surface area (Å²) in [5.41, 5.74) is 1.90. The number of nitriles is 1. The fourth-order valence-electron chi connectivity index (χ4n) is 2.24. The number of hydrogen-bond acceptors (Lipinski definition) is 3. The number of carbonyl (C=O) groups excluding carboxylic acids is 1. The Morgan fingerprint density at radius 3 is 2.78 bits per heavy atom. The maximum absolute atomic E-state index is 11.9. The molecule has 1 amide bonds. The third kappa shape index (κ3) is 3.28. The lowest BCUT2D eigenvalue weighted by Crippen LogP contribution is -2.14. The molecule has 0 aliphatic carbocycles. The molecular weight excluding hydrogens is 314 g/mol. The van der Waals surface area contributed by atoms with Gasteiger partial charge in [-0.3, -0.25) is 5.32 Å². The summed E-state index contributed by atoms with van der Waals surface area (Å²) in [7, 11) is 0. The zero-order valence-electron chi connectivity index (χ0n) is 12.0. The molecule has 114 valence electrons. The average Bonchev–Trinajstić information content (AvgIpc) is 2.89. The van der Waals surface area contributed by atoms with Gasteiger partial charge < -0.3 is 9.72 Å². The van der Waals surface area contributed by atoms with Gasteiger partial charge in [-0.15, -0.1) is 0 Å². The number of H-pyrrole nitrogens is 1. The first-order valence-electron chi connectivity index (χ1n) is 6.86. The molecule has 0 aliphatic heterocycles. The molecule has 2 N–H and O–H groups in total. The second-order valence-corrected chi connectivity index (χ2v) is 5.30. The molecule has 0 unspecified atom stereocenters. The van der Waals surface area contributed by atoms with E-state index in [2.05, 4.69) is 16.4 Å². The van der Waals surface area contributed by atoms with Gasteiger partial charge in [0.05, 0.1) is 0 Å². The summed E-state index contributed by atoms with van der Waals surface area (Å²) in [4.78, 5) is 14.9. The van der Waals surface area contributed by atoms with Crippen LogP contribution in [0.15, 0.2) is 48.5 Å². The summed E-state index contributed by atoms with van der Waals surface area (Å²) in [6, 6.07) is 16.5. The van der Waals surface area contributed by atoms with Crippen LogP contribution in [0.4, 0.5) is 10.6 Å². The summed E-state index contributed by atoms with van der Waals surface area (Å²) in [5.74, 6) is 0.294. The highest BCUT2D eigenvalue weighted by Gasteiger charge is 2.14. The van der Waals surface area contributed by atoms with Crippen LogP contribution in [0.5, 0.6) is 0 Å². The summed E-state index contributed by atoms with van der Waals surface area (Å²) in [6.07, 6.45) is -0.636. The van der Waals surface area contributed by atoms with Crippen LogP contribution >= 0.6 is 11.6 Å². The van der Waals surface area contributed by atoms with Gasteiger partial charge in [0, 0.05) is 15.9 Å². The maximum atomic E-state index is 11.9. The van der Waals surface area contributed by atoms with Crippen LogP contribution in [0.2, 0.25) is 5.02 Å². The quantitative estimate of drug-likeness (QED) is 0.747. The van der Waals surface area contributed by atoms with E-state index in [0.717, 1.165) is 5.56 Å². The van der Waals surface area contributed by atoms with Crippen LogP contribution in [0.3, 0.4) is 0 Å². The zero-order chi connectivity index (χ0) is 16.2. The number of amides is 1. The smallest absolute Gasteiger partial charge is 0.413 e. The van der Waals surface area contributed by atoms with Crippen LogP contribution in [-0.4, -0.2) is 11.1 Å². The van der Waals surface area contributed by atoms with E-state index in [4.69, 9.17) is 16.3 Å². The second kappa shape index (κ2) is 6.42. The van der Waals surface area contributed by atoms with Crippen molar-refractivity contribution in [2.75, 3.05) is 5.32 Å². The lowest BCUT2D eigenvalue weighted by Gasteiger charge is -2.06. The first-order chi connectivity index (χ1) is 11.2. The maximum Gasteiger partial charge on any atom is 0.413 e. The summed E-state index contributed by atoms with van der Waals surface area (Å²) in [6.45, 7) is 0.153. The molecule has 0 spiro atoms. The molecule has 0 fully saturated rings. The van der Waals surface area contributed by atoms with Gasteiger partial charge in [-0.05, 0) is 23.8 Å². The van der Waals surface area contributed by atoms with Crippen molar-refractivity contribution in [1.82, 2.24) is 4.98 Å². The topological polar surface area (TPSA) is 77.9 Å². The van der Waals surface area contributed by atoms with Gasteiger partial charge in [-0.2, -0.15) is 5.26 Å². The van der Waals surface area contributed by atoms with Crippen molar-refractivity contribution in [2.45, 2.75) is 6.61 Å². The van der Waals surface area contributed by atoms with Gasteiger partial charge in [0.2, 0.25) is 0 Å². The minimum atomic E-state index is -0.636. The lowest BCUT2D eigenvalue weighted by molar-refractivity contribution is 0.155. The Labute approximate surface area is 137 Å². The highest BCUT2D eigenvalue weighted by atomic mass is 35.5. The summed E-state index contributed by atoms with van der Waals surface area (Å²) < 4.78 is 5.15. The van der Waals surface area contributed by atoms with Gasteiger partial charge in [-0.1, -0.05) is 41.9 Å². The van der Waals surface area contributed by atoms with Crippen molar-refractivity contribution in [2.24, 2.45) is 0 Å². The molecule has 5 nitrogen and oxygen atoms in total. The normalized spacial score (nSPS) is 10.3. The number of benzene rings is 2. The Bertz CT molecular complexity index is 897. The van der Waals surface area contributed by atoms with Gasteiger partial charge in [0.15, 0.2) is 0 Å². The SMILES string of the molecule is N#Cc1c(NC(=O)OCc2ccccc2)[nH]c2cc(Cl)ccc12. The van der Waals surface area contributed by atoms with Gasteiger partial charge in [0.1, 0.15) is 24.1 Å². The molecule has 3 aromatic rings. The highest BCUT2D eigenvalue weighted by Crippen LogP contribution is 2.27. The Kier molecular flexibility index (Phi) is 4.18. The molecule has 2 aromatic carbocycles. The summed E-state index contributed by atoms with van der Waals surface area (Å²) >= 11 is 5.93. The molecule has 0 aliphatic rings. The predicted octanol–water partition coefficient (Wildman–Crippen LogP) is 4.44. The molecule has 6 heteroatoms. The fourth-order valence-corrected chi connectivity index (χ4v) is 2.41. The Morgan fingerprint density at radius 2 is 2.04 bits per heavy atom. The number of rotatable bonds is 3. The Morgan fingerprint density at radius 1 is 1.26 bits per heavy atom. The summed E-state index contributed by atoms with van der Waals surface area (Å²) in [5, 5.41) is 13.1. The molecular formula is C17H12ClN3O2. The molecule has 0 saturated heterocycles.